The van der Waals surface area contributed by atoms with E-state index in [0.29, 0.717) is 11.3 Å². The third-order valence-electron chi connectivity index (χ3n) is 2.43. The van der Waals surface area contributed by atoms with Crippen molar-refractivity contribution in [3.63, 3.8) is 0 Å². The minimum absolute atomic E-state index is 0.549. The van der Waals surface area contributed by atoms with Gasteiger partial charge in [0.2, 0.25) is 0 Å². The van der Waals surface area contributed by atoms with Crippen molar-refractivity contribution in [3.05, 3.63) is 71.3 Å². The molecule has 0 unspecified atom stereocenters. The summed E-state index contributed by atoms with van der Waals surface area (Å²) in [6.45, 7) is 2.04. The molecule has 2 aromatic carbocycles. The van der Waals surface area contributed by atoms with Crippen LogP contribution in [0.15, 0.2) is 54.6 Å². The van der Waals surface area contributed by atoms with Crippen LogP contribution in [0.2, 0.25) is 0 Å². The van der Waals surface area contributed by atoms with Crippen LogP contribution in [0.1, 0.15) is 16.7 Å². The van der Waals surface area contributed by atoms with Crippen molar-refractivity contribution in [1.82, 2.24) is 0 Å². The lowest BCUT2D eigenvalue weighted by molar-refractivity contribution is 0.701. The summed E-state index contributed by atoms with van der Waals surface area (Å²) in [6, 6.07) is 17.8. The topological polar surface area (TPSA) is 17.1 Å². The van der Waals surface area contributed by atoms with Crippen LogP contribution in [-0.2, 0) is 11.3 Å². The van der Waals surface area contributed by atoms with Crippen molar-refractivity contribution in [1.29, 1.82) is 0 Å². The zero-order valence-corrected chi connectivity index (χ0v) is 9.83. The first-order chi connectivity index (χ1) is 7.81. The van der Waals surface area contributed by atoms with Gasteiger partial charge in [-0.25, -0.2) is 4.21 Å². The van der Waals surface area contributed by atoms with E-state index in [9.17, 15) is 4.21 Å². The van der Waals surface area contributed by atoms with Gasteiger partial charge in [-0.05, 0) is 18.1 Å². The van der Waals surface area contributed by atoms with Gasteiger partial charge in [-0.1, -0.05) is 60.2 Å². The molecule has 0 N–H and O–H groups in total. The Labute approximate surface area is 98.8 Å². The molecule has 0 atom stereocenters. The second-order valence-corrected chi connectivity index (χ2v) is 4.22. The average Bonchev–Trinajstić information content (AvgIpc) is 2.34. The van der Waals surface area contributed by atoms with Gasteiger partial charge in [0, 0.05) is 0 Å². The lowest BCUT2D eigenvalue weighted by Crippen LogP contribution is -2.02. The molecule has 16 heavy (non-hydrogen) atoms. The summed E-state index contributed by atoms with van der Waals surface area (Å²) in [5.74, 6) is 0. The maximum absolute atomic E-state index is 11.2. The van der Waals surface area contributed by atoms with E-state index in [1.54, 1.807) is 0 Å². The zero-order valence-electron chi connectivity index (χ0n) is 9.01. The Kier molecular flexibility index (Phi) is 3.32. The molecule has 0 radical (unpaired) electrons. The zero-order chi connectivity index (χ0) is 11.4. The molecule has 0 heterocycles. The Morgan fingerprint density at radius 2 is 1.44 bits per heavy atom. The van der Waals surface area contributed by atoms with Crippen molar-refractivity contribution >= 4 is 16.1 Å². The molecule has 2 rings (SSSR count). The predicted molar refractivity (Wildman–Crippen MR) is 69.0 cm³/mol. The first kappa shape index (κ1) is 10.8. The second-order valence-electron chi connectivity index (χ2n) is 3.64. The number of rotatable bonds is 2. The Bertz CT molecular complexity index is 522. The third-order valence-corrected chi connectivity index (χ3v) is 3.07. The molecule has 0 spiro atoms. The molecular formula is C14H12OS. The first-order valence-corrected chi connectivity index (χ1v) is 5.84. The maximum Gasteiger partial charge on any atom is 0.0978 e. The molecule has 0 aliphatic rings. The van der Waals surface area contributed by atoms with Crippen LogP contribution < -0.4 is 0 Å². The summed E-state index contributed by atoms with van der Waals surface area (Å²) in [6.07, 6.45) is 0. The summed E-state index contributed by atoms with van der Waals surface area (Å²) in [7, 11) is 0. The number of benzene rings is 2. The normalized spacial score (nSPS) is 9.81. The molecular weight excluding hydrogens is 216 g/mol. The van der Waals surface area contributed by atoms with Crippen molar-refractivity contribution in [2.24, 2.45) is 0 Å². The quantitative estimate of drug-likeness (QED) is 0.570. The van der Waals surface area contributed by atoms with E-state index < -0.39 is 0 Å². The Morgan fingerprint density at radius 3 is 2.00 bits per heavy atom. The molecule has 2 aromatic rings. The number of hydrogen-bond donors (Lipinski definition) is 0. The standard InChI is InChI=1S/C14H12OS/c1-11-7-9-13(10-8-11)14(16-15)12-5-3-2-4-6-12/h2-10H,1H3. The molecule has 0 saturated heterocycles. The molecule has 2 heteroatoms. The lowest BCUT2D eigenvalue weighted by atomic mass is 10.0. The van der Waals surface area contributed by atoms with Crippen LogP contribution in [0.5, 0.6) is 0 Å². The summed E-state index contributed by atoms with van der Waals surface area (Å²) in [4.78, 5) is 0.778. The van der Waals surface area contributed by atoms with Crippen molar-refractivity contribution < 1.29 is 4.21 Å². The summed E-state index contributed by atoms with van der Waals surface area (Å²) < 4.78 is 11.2. The molecule has 0 bridgehead atoms. The van der Waals surface area contributed by atoms with Crippen LogP contribution in [0, 0.1) is 6.92 Å². The van der Waals surface area contributed by atoms with Crippen LogP contribution >= 0.6 is 0 Å². The molecule has 0 fully saturated rings. The highest BCUT2D eigenvalue weighted by Gasteiger charge is 2.04. The molecule has 0 aliphatic heterocycles. The minimum atomic E-state index is 0.549. The fourth-order valence-corrected chi connectivity index (χ4v) is 2.02. The van der Waals surface area contributed by atoms with E-state index in [1.807, 2.05) is 61.5 Å². The Morgan fingerprint density at radius 1 is 0.875 bits per heavy atom. The SMILES string of the molecule is Cc1ccc(C(=S=O)c2ccccc2)cc1. The minimum Gasteiger partial charge on any atom is -0.212 e. The van der Waals surface area contributed by atoms with Gasteiger partial charge < -0.3 is 0 Å². The van der Waals surface area contributed by atoms with E-state index >= 15 is 0 Å². The van der Waals surface area contributed by atoms with E-state index in [-0.39, 0.29) is 0 Å². The predicted octanol–water partition coefficient (Wildman–Crippen LogP) is 2.78. The highest BCUT2D eigenvalue weighted by molar-refractivity contribution is 7.67. The summed E-state index contributed by atoms with van der Waals surface area (Å²) in [5.41, 5.74) is 3.16. The van der Waals surface area contributed by atoms with Crippen molar-refractivity contribution in [3.8, 4) is 0 Å². The molecule has 80 valence electrons. The molecule has 0 aliphatic carbocycles. The monoisotopic (exact) mass is 228 g/mol. The van der Waals surface area contributed by atoms with Crippen LogP contribution in [-0.4, -0.2) is 9.07 Å². The lowest BCUT2D eigenvalue weighted by Gasteiger charge is -2.03. The molecule has 0 saturated carbocycles. The maximum atomic E-state index is 11.2. The highest BCUT2D eigenvalue weighted by Crippen LogP contribution is 2.10. The second kappa shape index (κ2) is 4.90. The largest absolute Gasteiger partial charge is 0.212 e. The molecule has 0 amide bonds. The Balaban J connectivity index is 2.46. The van der Waals surface area contributed by atoms with E-state index in [4.69, 9.17) is 0 Å². The third kappa shape index (κ3) is 2.28. The fourth-order valence-electron chi connectivity index (χ4n) is 1.56. The van der Waals surface area contributed by atoms with Gasteiger partial charge in [0.25, 0.3) is 0 Å². The van der Waals surface area contributed by atoms with Crippen molar-refractivity contribution in [2.45, 2.75) is 6.92 Å². The summed E-state index contributed by atoms with van der Waals surface area (Å²) >= 11 is 0.549. The van der Waals surface area contributed by atoms with Crippen LogP contribution in [0.3, 0.4) is 0 Å². The first-order valence-electron chi connectivity index (χ1n) is 5.10. The Hall–Kier alpha value is -1.67. The summed E-state index contributed by atoms with van der Waals surface area (Å²) in [5, 5.41) is 0. The average molecular weight is 228 g/mol. The number of aryl methyl sites for hydroxylation is 1. The van der Waals surface area contributed by atoms with E-state index in [1.165, 1.54) is 5.56 Å². The van der Waals surface area contributed by atoms with Gasteiger partial charge in [0.1, 0.15) is 0 Å². The smallest absolute Gasteiger partial charge is 0.0978 e. The van der Waals surface area contributed by atoms with Gasteiger partial charge in [-0.3, -0.25) is 0 Å². The molecule has 0 aromatic heterocycles. The fraction of sp³-hybridized carbons (Fsp3) is 0.0714. The number of hydrogen-bond acceptors (Lipinski definition) is 1. The van der Waals surface area contributed by atoms with E-state index in [2.05, 4.69) is 0 Å². The van der Waals surface area contributed by atoms with Crippen LogP contribution in [0.25, 0.3) is 0 Å². The molecule has 1 nitrogen and oxygen atoms in total. The van der Waals surface area contributed by atoms with Gasteiger partial charge >= 0.3 is 0 Å². The van der Waals surface area contributed by atoms with Gasteiger partial charge in [-0.15, -0.1) is 0 Å². The van der Waals surface area contributed by atoms with Gasteiger partial charge in [-0.2, -0.15) is 0 Å². The van der Waals surface area contributed by atoms with Crippen LogP contribution in [0.4, 0.5) is 0 Å². The van der Waals surface area contributed by atoms with Gasteiger partial charge in [0.15, 0.2) is 0 Å². The van der Waals surface area contributed by atoms with E-state index in [0.717, 1.165) is 16.0 Å². The highest BCUT2D eigenvalue weighted by atomic mass is 32.1. The van der Waals surface area contributed by atoms with Crippen molar-refractivity contribution in [2.75, 3.05) is 0 Å². The van der Waals surface area contributed by atoms with Gasteiger partial charge in [0.05, 0.1) is 16.1 Å².